The fourth-order valence-electron chi connectivity index (χ4n) is 5.78. The Morgan fingerprint density at radius 3 is 2.29 bits per heavy atom. The zero-order chi connectivity index (χ0) is 28.7. The van der Waals surface area contributed by atoms with E-state index in [0.29, 0.717) is 42.0 Å². The Morgan fingerprint density at radius 1 is 0.805 bits per heavy atom. The summed E-state index contributed by atoms with van der Waals surface area (Å²) in [6.07, 6.45) is -4.49. The van der Waals surface area contributed by atoms with E-state index >= 15 is 0 Å². The number of anilines is 1. The molecule has 2 aliphatic heterocycles. The lowest BCUT2D eigenvalue weighted by atomic mass is 9.94. The molecule has 2 aliphatic rings. The zero-order valence-corrected chi connectivity index (χ0v) is 22.5. The molecule has 1 N–H and O–H groups in total. The van der Waals surface area contributed by atoms with Gasteiger partial charge in [-0.15, -0.1) is 0 Å². The van der Waals surface area contributed by atoms with Crippen LogP contribution in [0, 0.1) is 6.92 Å². The molecule has 9 heteroatoms. The highest BCUT2D eigenvalue weighted by Gasteiger charge is 2.34. The molecular weight excluding hydrogens is 529 g/mol. The number of hydrogen-bond donors (Lipinski definition) is 1. The molecule has 0 saturated carbocycles. The maximum atomic E-state index is 14.0. The SMILES string of the molecule is Cc1cc(C(=O)N2Cc3ccc(C(=O)N4CCNCC4)n3Cc3ccccc32)ccc1-c1ccccc1C(F)(F)F. The average molecular weight is 559 g/mol. The van der Waals surface area contributed by atoms with Gasteiger partial charge in [0.15, 0.2) is 0 Å². The van der Waals surface area contributed by atoms with Crippen molar-refractivity contribution in [3.05, 3.63) is 113 Å². The molecule has 1 fully saturated rings. The molecule has 0 bridgehead atoms. The van der Waals surface area contributed by atoms with Crippen LogP contribution in [0.4, 0.5) is 18.9 Å². The van der Waals surface area contributed by atoms with Gasteiger partial charge in [-0.25, -0.2) is 0 Å². The van der Waals surface area contributed by atoms with E-state index in [1.807, 2.05) is 45.9 Å². The largest absolute Gasteiger partial charge is 0.417 e. The highest BCUT2D eigenvalue weighted by Crippen LogP contribution is 2.38. The van der Waals surface area contributed by atoms with Crippen LogP contribution in [0.1, 0.15) is 43.2 Å². The molecule has 3 aromatic carbocycles. The van der Waals surface area contributed by atoms with Crippen LogP contribution in [-0.4, -0.2) is 47.5 Å². The van der Waals surface area contributed by atoms with Gasteiger partial charge >= 0.3 is 6.18 Å². The second-order valence-electron chi connectivity index (χ2n) is 10.4. The fourth-order valence-corrected chi connectivity index (χ4v) is 5.78. The van der Waals surface area contributed by atoms with Gasteiger partial charge in [-0.2, -0.15) is 13.2 Å². The molecule has 0 spiro atoms. The van der Waals surface area contributed by atoms with Gasteiger partial charge in [-0.05, 0) is 65.6 Å². The molecule has 210 valence electrons. The van der Waals surface area contributed by atoms with E-state index in [2.05, 4.69) is 5.32 Å². The average Bonchev–Trinajstić information content (AvgIpc) is 3.29. The number of piperazine rings is 1. The first kappa shape index (κ1) is 26.8. The second kappa shape index (κ2) is 10.6. The van der Waals surface area contributed by atoms with Crippen LogP contribution in [0.2, 0.25) is 0 Å². The molecule has 6 nitrogen and oxygen atoms in total. The summed E-state index contributed by atoms with van der Waals surface area (Å²) < 4.78 is 43.0. The summed E-state index contributed by atoms with van der Waals surface area (Å²) in [6, 6.07) is 21.6. The van der Waals surface area contributed by atoms with E-state index in [1.54, 1.807) is 36.1 Å². The maximum Gasteiger partial charge on any atom is 0.417 e. The van der Waals surface area contributed by atoms with Crippen molar-refractivity contribution in [2.24, 2.45) is 0 Å². The highest BCUT2D eigenvalue weighted by atomic mass is 19.4. The Labute approximate surface area is 236 Å². The van der Waals surface area contributed by atoms with Crippen molar-refractivity contribution >= 4 is 17.5 Å². The molecule has 3 heterocycles. The van der Waals surface area contributed by atoms with Crippen molar-refractivity contribution in [2.45, 2.75) is 26.2 Å². The number of nitrogens with one attached hydrogen (secondary N) is 1. The van der Waals surface area contributed by atoms with E-state index in [0.717, 1.165) is 36.1 Å². The molecular formula is C32H29F3N4O2. The summed E-state index contributed by atoms with van der Waals surface area (Å²) in [5, 5.41) is 3.27. The van der Waals surface area contributed by atoms with Gasteiger partial charge in [0.05, 0.1) is 18.7 Å². The minimum absolute atomic E-state index is 0.0274. The Balaban J connectivity index is 1.35. The number of alkyl halides is 3. The lowest BCUT2D eigenvalue weighted by Gasteiger charge is -2.28. The molecule has 6 rings (SSSR count). The summed E-state index contributed by atoms with van der Waals surface area (Å²) >= 11 is 0. The lowest BCUT2D eigenvalue weighted by Crippen LogP contribution is -2.46. The predicted molar refractivity (Wildman–Crippen MR) is 151 cm³/mol. The van der Waals surface area contributed by atoms with E-state index < -0.39 is 11.7 Å². The van der Waals surface area contributed by atoms with Crippen LogP contribution in [0.5, 0.6) is 0 Å². The topological polar surface area (TPSA) is 57.6 Å². The standard InChI is InChI=1S/C32H29F3N4O2/c1-21-18-22(10-12-25(21)26-7-3-4-8-27(26)32(33,34)35)30(40)39-20-24-11-13-29(31(41)37-16-14-36-15-17-37)38(24)19-23-6-2-5-9-28(23)39/h2-13,18,36H,14-17,19-20H2,1H3. The number of rotatable bonds is 3. The molecule has 4 aromatic rings. The Kier molecular flexibility index (Phi) is 6.91. The van der Waals surface area contributed by atoms with Crippen molar-refractivity contribution in [3.8, 4) is 11.1 Å². The third-order valence-corrected chi connectivity index (χ3v) is 7.87. The molecule has 0 radical (unpaired) electrons. The molecule has 0 unspecified atom stereocenters. The number of nitrogens with zero attached hydrogens (tertiary/aromatic N) is 3. The van der Waals surface area contributed by atoms with E-state index in [-0.39, 0.29) is 23.9 Å². The monoisotopic (exact) mass is 558 g/mol. The van der Waals surface area contributed by atoms with Gasteiger partial charge in [-0.1, -0.05) is 42.5 Å². The first-order valence-electron chi connectivity index (χ1n) is 13.6. The normalized spacial score (nSPS) is 15.2. The molecule has 1 saturated heterocycles. The Bertz CT molecular complexity index is 1640. The van der Waals surface area contributed by atoms with Crippen molar-refractivity contribution in [1.29, 1.82) is 0 Å². The van der Waals surface area contributed by atoms with E-state index in [9.17, 15) is 22.8 Å². The quantitative estimate of drug-likeness (QED) is 0.349. The van der Waals surface area contributed by atoms with Crippen LogP contribution < -0.4 is 10.2 Å². The molecule has 1 aromatic heterocycles. The Morgan fingerprint density at radius 2 is 1.54 bits per heavy atom. The molecule has 0 atom stereocenters. The first-order valence-corrected chi connectivity index (χ1v) is 13.6. The maximum absolute atomic E-state index is 14.0. The smallest absolute Gasteiger partial charge is 0.335 e. The summed E-state index contributed by atoms with van der Waals surface area (Å²) in [7, 11) is 0. The predicted octanol–water partition coefficient (Wildman–Crippen LogP) is 5.74. The minimum Gasteiger partial charge on any atom is -0.335 e. The van der Waals surface area contributed by atoms with Crippen LogP contribution in [-0.2, 0) is 19.3 Å². The number of carbonyl (C=O) groups is 2. The lowest BCUT2D eigenvalue weighted by molar-refractivity contribution is -0.137. The number of fused-ring (bicyclic) bond motifs is 2. The van der Waals surface area contributed by atoms with Gasteiger partial charge in [0, 0.05) is 43.1 Å². The number of amides is 2. The van der Waals surface area contributed by atoms with Crippen molar-refractivity contribution < 1.29 is 22.8 Å². The zero-order valence-electron chi connectivity index (χ0n) is 22.5. The molecule has 2 amide bonds. The van der Waals surface area contributed by atoms with Gasteiger partial charge in [0.1, 0.15) is 5.69 Å². The van der Waals surface area contributed by atoms with E-state index in [1.165, 1.54) is 12.1 Å². The molecule has 41 heavy (non-hydrogen) atoms. The van der Waals surface area contributed by atoms with Gasteiger partial charge in [0.2, 0.25) is 0 Å². The van der Waals surface area contributed by atoms with Crippen molar-refractivity contribution in [1.82, 2.24) is 14.8 Å². The fraction of sp³-hybridized carbons (Fsp3) is 0.250. The van der Waals surface area contributed by atoms with Gasteiger partial charge in [-0.3, -0.25) is 9.59 Å². The van der Waals surface area contributed by atoms with Crippen LogP contribution >= 0.6 is 0 Å². The van der Waals surface area contributed by atoms with Gasteiger partial charge < -0.3 is 19.7 Å². The Hall–Kier alpha value is -4.37. The van der Waals surface area contributed by atoms with Crippen LogP contribution in [0.25, 0.3) is 11.1 Å². The summed E-state index contributed by atoms with van der Waals surface area (Å²) in [5.41, 5.74) is 3.81. The number of benzene rings is 3. The van der Waals surface area contributed by atoms with Crippen LogP contribution in [0.15, 0.2) is 78.9 Å². The number of aromatic nitrogens is 1. The highest BCUT2D eigenvalue weighted by molar-refractivity contribution is 6.07. The second-order valence-corrected chi connectivity index (χ2v) is 10.4. The summed E-state index contributed by atoms with van der Waals surface area (Å²) in [5.74, 6) is -0.291. The van der Waals surface area contributed by atoms with E-state index in [4.69, 9.17) is 0 Å². The first-order chi connectivity index (χ1) is 19.7. The number of para-hydroxylation sites is 1. The summed E-state index contributed by atoms with van der Waals surface area (Å²) in [6.45, 7) is 5.21. The minimum atomic E-state index is -4.49. The van der Waals surface area contributed by atoms with Crippen LogP contribution in [0.3, 0.4) is 0 Å². The number of hydrogen-bond acceptors (Lipinski definition) is 3. The number of carbonyl (C=O) groups excluding carboxylic acids is 2. The van der Waals surface area contributed by atoms with Crippen molar-refractivity contribution in [3.63, 3.8) is 0 Å². The third kappa shape index (κ3) is 5.02. The molecule has 0 aliphatic carbocycles. The third-order valence-electron chi connectivity index (χ3n) is 7.87. The number of halogens is 3. The van der Waals surface area contributed by atoms with Gasteiger partial charge in [0.25, 0.3) is 11.8 Å². The summed E-state index contributed by atoms with van der Waals surface area (Å²) in [4.78, 5) is 30.9. The van der Waals surface area contributed by atoms with Crippen molar-refractivity contribution in [2.75, 3.05) is 31.1 Å². The number of aryl methyl sites for hydroxylation is 1.